The standard InChI is InChI=1S/C22H28N6OS/c1-21-7-8-22(2,26(3)13-21)12-18(21)27(4)20-25-24-19(30-20)16-6-5-15(11-17(16)29)28-10-9-23-14-28/h5-6,9-11,14,18,29H,7-8,12-13H2,1-4H3/t18-,21+,22+/m0/s1. The molecule has 2 saturated heterocycles. The molecule has 6 rings (SSSR count). The topological polar surface area (TPSA) is 70.3 Å². The number of aromatic hydroxyl groups is 1. The molecule has 30 heavy (non-hydrogen) atoms. The number of rotatable bonds is 4. The first kappa shape index (κ1) is 19.5. The average Bonchev–Trinajstić information content (AvgIpc) is 3.41. The molecule has 1 aromatic carbocycles. The van der Waals surface area contributed by atoms with E-state index in [9.17, 15) is 5.11 Å². The molecule has 0 radical (unpaired) electrons. The fraction of sp³-hybridized carbons (Fsp3) is 0.500. The third-order valence-electron chi connectivity index (χ3n) is 7.39. The van der Waals surface area contributed by atoms with Crippen LogP contribution in [0.4, 0.5) is 5.13 Å². The zero-order chi connectivity index (χ0) is 21.1. The second kappa shape index (κ2) is 6.78. The highest BCUT2D eigenvalue weighted by molar-refractivity contribution is 7.18. The number of nitrogens with zero attached hydrogens (tertiary/aromatic N) is 6. The van der Waals surface area contributed by atoms with Crippen LogP contribution in [0.5, 0.6) is 5.75 Å². The number of phenols is 1. The summed E-state index contributed by atoms with van der Waals surface area (Å²) in [5.74, 6) is 0.198. The maximum Gasteiger partial charge on any atom is 0.208 e. The molecule has 0 spiro atoms. The molecule has 158 valence electrons. The van der Waals surface area contributed by atoms with Crippen molar-refractivity contribution in [2.75, 3.05) is 25.5 Å². The quantitative estimate of drug-likeness (QED) is 0.687. The predicted octanol–water partition coefficient (Wildman–Crippen LogP) is 3.80. The van der Waals surface area contributed by atoms with E-state index in [2.05, 4.69) is 52.9 Å². The molecule has 1 aliphatic carbocycles. The van der Waals surface area contributed by atoms with E-state index >= 15 is 0 Å². The van der Waals surface area contributed by atoms with Crippen LogP contribution in [0, 0.1) is 5.41 Å². The van der Waals surface area contributed by atoms with Crippen molar-refractivity contribution in [1.82, 2.24) is 24.6 Å². The molecule has 2 aromatic heterocycles. The first-order valence-corrected chi connectivity index (χ1v) is 11.2. The Hall–Kier alpha value is -2.45. The molecule has 3 atom stereocenters. The van der Waals surface area contributed by atoms with E-state index in [0.717, 1.165) is 28.8 Å². The summed E-state index contributed by atoms with van der Waals surface area (Å²) in [5, 5.41) is 21.2. The minimum Gasteiger partial charge on any atom is -0.507 e. The number of fused-ring (bicyclic) bond motifs is 3. The van der Waals surface area contributed by atoms with Gasteiger partial charge in [0.2, 0.25) is 5.13 Å². The van der Waals surface area contributed by atoms with E-state index in [1.807, 2.05) is 22.9 Å². The molecule has 1 N–H and O–H groups in total. The van der Waals surface area contributed by atoms with Gasteiger partial charge in [-0.25, -0.2) is 4.98 Å². The summed E-state index contributed by atoms with van der Waals surface area (Å²) in [5.41, 5.74) is 2.08. The van der Waals surface area contributed by atoms with Crippen LogP contribution in [0.2, 0.25) is 0 Å². The Morgan fingerprint density at radius 3 is 2.77 bits per heavy atom. The number of benzene rings is 1. The third-order valence-corrected chi connectivity index (χ3v) is 8.44. The molecule has 7 nitrogen and oxygen atoms in total. The molecule has 1 saturated carbocycles. The number of hydrogen-bond acceptors (Lipinski definition) is 7. The monoisotopic (exact) mass is 424 g/mol. The minimum absolute atomic E-state index is 0.198. The maximum absolute atomic E-state index is 10.6. The van der Waals surface area contributed by atoms with Crippen molar-refractivity contribution in [2.45, 2.75) is 44.7 Å². The summed E-state index contributed by atoms with van der Waals surface area (Å²) in [6.07, 6.45) is 8.91. The molecular formula is C22H28N6OS. The summed E-state index contributed by atoms with van der Waals surface area (Å²) < 4.78 is 1.86. The van der Waals surface area contributed by atoms with Crippen LogP contribution in [0.15, 0.2) is 36.9 Å². The zero-order valence-corrected chi connectivity index (χ0v) is 18.7. The molecular weight excluding hydrogens is 396 g/mol. The number of anilines is 1. The van der Waals surface area contributed by atoms with Gasteiger partial charge in [0.25, 0.3) is 0 Å². The summed E-state index contributed by atoms with van der Waals surface area (Å²) in [4.78, 5) is 8.92. The average molecular weight is 425 g/mol. The highest BCUT2D eigenvalue weighted by atomic mass is 32.1. The number of phenolic OH excluding ortho intramolecular Hbond substituents is 1. The van der Waals surface area contributed by atoms with Gasteiger partial charge in [0.1, 0.15) is 5.75 Å². The largest absolute Gasteiger partial charge is 0.507 e. The molecule has 3 fully saturated rings. The van der Waals surface area contributed by atoms with E-state index < -0.39 is 0 Å². The van der Waals surface area contributed by atoms with Gasteiger partial charge in [-0.15, -0.1) is 10.2 Å². The van der Waals surface area contributed by atoms with Crippen LogP contribution in [-0.4, -0.2) is 62.0 Å². The molecule has 3 aromatic rings. The second-order valence-electron chi connectivity index (χ2n) is 9.40. The van der Waals surface area contributed by atoms with E-state index in [0.29, 0.717) is 11.6 Å². The molecule has 4 heterocycles. The Morgan fingerprint density at radius 2 is 2.07 bits per heavy atom. The van der Waals surface area contributed by atoms with E-state index in [1.54, 1.807) is 29.9 Å². The van der Waals surface area contributed by atoms with E-state index in [1.165, 1.54) is 12.8 Å². The van der Waals surface area contributed by atoms with Crippen LogP contribution < -0.4 is 4.90 Å². The van der Waals surface area contributed by atoms with Crippen LogP contribution in [0.25, 0.3) is 16.3 Å². The lowest BCUT2D eigenvalue weighted by Crippen LogP contribution is -2.67. The van der Waals surface area contributed by atoms with Gasteiger partial charge in [-0.05, 0) is 45.4 Å². The highest BCUT2D eigenvalue weighted by Gasteiger charge is 2.54. The van der Waals surface area contributed by atoms with E-state index in [4.69, 9.17) is 0 Å². The van der Waals surface area contributed by atoms with Crippen molar-refractivity contribution < 1.29 is 5.11 Å². The highest BCUT2D eigenvalue weighted by Crippen LogP contribution is 2.52. The first-order chi connectivity index (χ1) is 14.3. The predicted molar refractivity (Wildman–Crippen MR) is 119 cm³/mol. The smallest absolute Gasteiger partial charge is 0.208 e. The maximum atomic E-state index is 10.6. The van der Waals surface area contributed by atoms with E-state index in [-0.39, 0.29) is 16.7 Å². The van der Waals surface area contributed by atoms with Crippen LogP contribution in [0.3, 0.4) is 0 Å². The lowest BCUT2D eigenvalue weighted by Gasteiger charge is -2.62. The minimum atomic E-state index is 0.198. The molecule has 3 aliphatic rings. The summed E-state index contributed by atoms with van der Waals surface area (Å²) in [6, 6.07) is 6.03. The van der Waals surface area contributed by atoms with Crippen molar-refractivity contribution >= 4 is 16.5 Å². The molecule has 0 unspecified atom stereocenters. The lowest BCUT2D eigenvalue weighted by molar-refractivity contribution is -0.0675. The summed E-state index contributed by atoms with van der Waals surface area (Å²) in [6.45, 7) is 5.91. The van der Waals surface area contributed by atoms with Gasteiger partial charge in [0, 0.05) is 49.0 Å². The summed E-state index contributed by atoms with van der Waals surface area (Å²) in [7, 11) is 4.40. The molecule has 2 aliphatic heterocycles. The van der Waals surface area contributed by atoms with Gasteiger partial charge >= 0.3 is 0 Å². The van der Waals surface area contributed by atoms with Gasteiger partial charge < -0.3 is 19.5 Å². The number of imidazole rings is 1. The summed E-state index contributed by atoms with van der Waals surface area (Å²) >= 11 is 1.54. The van der Waals surface area contributed by atoms with Gasteiger partial charge in [0.15, 0.2) is 5.01 Å². The fourth-order valence-electron chi connectivity index (χ4n) is 5.23. The Labute approximate surface area is 181 Å². The second-order valence-corrected chi connectivity index (χ2v) is 10.4. The Balaban J connectivity index is 1.41. The van der Waals surface area contributed by atoms with Crippen molar-refractivity contribution in [2.24, 2.45) is 5.41 Å². The fourth-order valence-corrected chi connectivity index (χ4v) is 6.12. The Bertz CT molecular complexity index is 1070. The van der Waals surface area contributed by atoms with Crippen molar-refractivity contribution in [3.05, 3.63) is 36.9 Å². The van der Waals surface area contributed by atoms with Gasteiger partial charge in [-0.1, -0.05) is 18.3 Å². The Morgan fingerprint density at radius 1 is 1.23 bits per heavy atom. The van der Waals surface area contributed by atoms with Crippen molar-refractivity contribution in [3.8, 4) is 22.0 Å². The SMILES string of the molecule is CN(c1nnc(-c2ccc(-n3ccnc3)cc2O)s1)[C@H]1C[C@@]2(C)CC[C@]1(C)CN2C. The third kappa shape index (κ3) is 3.01. The molecule has 8 heteroatoms. The van der Waals surface area contributed by atoms with Crippen molar-refractivity contribution in [1.29, 1.82) is 0 Å². The van der Waals surface area contributed by atoms with Crippen LogP contribution >= 0.6 is 11.3 Å². The lowest BCUT2D eigenvalue weighted by atomic mass is 9.60. The molecule has 2 bridgehead atoms. The van der Waals surface area contributed by atoms with Crippen LogP contribution in [-0.2, 0) is 0 Å². The normalized spacial score (nSPS) is 28.7. The van der Waals surface area contributed by atoms with Gasteiger partial charge in [-0.3, -0.25) is 0 Å². The van der Waals surface area contributed by atoms with Crippen LogP contribution in [0.1, 0.15) is 33.1 Å². The first-order valence-electron chi connectivity index (χ1n) is 10.4. The number of hydrogen-bond donors (Lipinski definition) is 1. The zero-order valence-electron chi connectivity index (χ0n) is 17.9. The molecule has 0 amide bonds. The van der Waals surface area contributed by atoms with Gasteiger partial charge in [-0.2, -0.15) is 0 Å². The van der Waals surface area contributed by atoms with Gasteiger partial charge in [0.05, 0.1) is 17.6 Å². The Kier molecular flexibility index (Phi) is 4.41. The number of piperidine rings is 2. The van der Waals surface area contributed by atoms with Crippen molar-refractivity contribution in [3.63, 3.8) is 0 Å². The number of aromatic nitrogens is 4.